The van der Waals surface area contributed by atoms with Gasteiger partial charge in [-0.3, -0.25) is 14.9 Å². The van der Waals surface area contributed by atoms with Crippen LogP contribution in [0.3, 0.4) is 0 Å². The van der Waals surface area contributed by atoms with Crippen LogP contribution in [-0.2, 0) is 0 Å². The molecule has 2 aromatic rings. The molecule has 0 atom stereocenters. The molecule has 0 unspecified atom stereocenters. The molecule has 1 aromatic heterocycles. The Morgan fingerprint density at radius 3 is 2.60 bits per heavy atom. The fourth-order valence-electron chi connectivity index (χ4n) is 1.34. The zero-order chi connectivity index (χ0) is 14.7. The second-order valence-electron chi connectivity index (χ2n) is 3.60. The molecular formula is C11H6Cl2N4O3. The van der Waals surface area contributed by atoms with Crippen molar-refractivity contribution in [3.8, 4) is 0 Å². The molecule has 0 aliphatic rings. The molecule has 0 bridgehead atoms. The standard InChI is InChI=1S/C11H6Cl2N4O3/c12-7-2-1-6(17(19)20)3-8(7)16-11(18)9-4-15-10(13)5-14-9/h1-5H,(H,16,18). The molecule has 102 valence electrons. The quantitative estimate of drug-likeness (QED) is 0.694. The van der Waals surface area contributed by atoms with Crippen LogP contribution >= 0.6 is 23.2 Å². The summed E-state index contributed by atoms with van der Waals surface area (Å²) in [6.07, 6.45) is 2.40. The Balaban J connectivity index is 2.25. The van der Waals surface area contributed by atoms with E-state index in [4.69, 9.17) is 23.2 Å². The van der Waals surface area contributed by atoms with Gasteiger partial charge in [0.2, 0.25) is 0 Å². The number of carbonyl (C=O) groups excluding carboxylic acids is 1. The molecule has 1 heterocycles. The molecule has 7 nitrogen and oxygen atoms in total. The zero-order valence-electron chi connectivity index (χ0n) is 9.71. The first-order valence-corrected chi connectivity index (χ1v) is 5.96. The van der Waals surface area contributed by atoms with Crippen LogP contribution in [0.4, 0.5) is 11.4 Å². The molecule has 0 saturated carbocycles. The van der Waals surface area contributed by atoms with Crippen LogP contribution < -0.4 is 5.32 Å². The molecule has 2 rings (SSSR count). The topological polar surface area (TPSA) is 98.0 Å². The molecule has 0 saturated heterocycles. The normalized spacial score (nSPS) is 10.1. The number of anilines is 1. The predicted octanol–water partition coefficient (Wildman–Crippen LogP) is 2.94. The zero-order valence-corrected chi connectivity index (χ0v) is 11.2. The van der Waals surface area contributed by atoms with E-state index < -0.39 is 10.8 Å². The van der Waals surface area contributed by atoms with Crippen molar-refractivity contribution in [1.29, 1.82) is 0 Å². The van der Waals surface area contributed by atoms with Gasteiger partial charge in [0, 0.05) is 12.1 Å². The first kappa shape index (κ1) is 14.2. The van der Waals surface area contributed by atoms with Crippen molar-refractivity contribution >= 4 is 40.5 Å². The van der Waals surface area contributed by atoms with Crippen molar-refractivity contribution in [3.63, 3.8) is 0 Å². The van der Waals surface area contributed by atoms with Gasteiger partial charge in [-0.1, -0.05) is 23.2 Å². The molecule has 9 heteroatoms. The van der Waals surface area contributed by atoms with Gasteiger partial charge in [0.1, 0.15) is 10.8 Å². The molecule has 0 aliphatic carbocycles. The van der Waals surface area contributed by atoms with Crippen molar-refractivity contribution in [2.24, 2.45) is 0 Å². The summed E-state index contributed by atoms with van der Waals surface area (Å²) in [4.78, 5) is 29.4. The highest BCUT2D eigenvalue weighted by Crippen LogP contribution is 2.26. The van der Waals surface area contributed by atoms with E-state index >= 15 is 0 Å². The summed E-state index contributed by atoms with van der Waals surface area (Å²) in [5.74, 6) is -0.600. The lowest BCUT2D eigenvalue weighted by Crippen LogP contribution is -2.14. The third-order valence-electron chi connectivity index (χ3n) is 2.26. The van der Waals surface area contributed by atoms with Crippen LogP contribution in [0.1, 0.15) is 10.5 Å². The monoisotopic (exact) mass is 312 g/mol. The average molecular weight is 313 g/mol. The number of benzene rings is 1. The lowest BCUT2D eigenvalue weighted by molar-refractivity contribution is -0.384. The number of non-ortho nitro benzene ring substituents is 1. The Kier molecular flexibility index (Phi) is 4.11. The van der Waals surface area contributed by atoms with Crippen molar-refractivity contribution in [1.82, 2.24) is 9.97 Å². The maximum atomic E-state index is 11.9. The number of hydrogen-bond acceptors (Lipinski definition) is 5. The number of amides is 1. The van der Waals surface area contributed by atoms with Crippen LogP contribution in [0.2, 0.25) is 10.2 Å². The highest BCUT2D eigenvalue weighted by atomic mass is 35.5. The first-order valence-electron chi connectivity index (χ1n) is 5.20. The third-order valence-corrected chi connectivity index (χ3v) is 2.79. The number of hydrogen-bond donors (Lipinski definition) is 1. The van der Waals surface area contributed by atoms with E-state index in [0.29, 0.717) is 0 Å². The molecule has 1 N–H and O–H groups in total. The lowest BCUT2D eigenvalue weighted by Gasteiger charge is -2.06. The van der Waals surface area contributed by atoms with Crippen molar-refractivity contribution in [2.45, 2.75) is 0 Å². The SMILES string of the molecule is O=C(Nc1cc([N+](=O)[O-])ccc1Cl)c1cnc(Cl)cn1. The molecule has 0 spiro atoms. The minimum absolute atomic E-state index is 0.0111. The summed E-state index contributed by atoms with van der Waals surface area (Å²) in [5.41, 5.74) is -0.0634. The van der Waals surface area contributed by atoms with E-state index in [0.717, 1.165) is 6.07 Å². The van der Waals surface area contributed by atoms with Gasteiger partial charge in [0.25, 0.3) is 11.6 Å². The Hall–Kier alpha value is -2.25. The summed E-state index contributed by atoms with van der Waals surface area (Å²) >= 11 is 11.4. The Morgan fingerprint density at radius 2 is 2.00 bits per heavy atom. The van der Waals surface area contributed by atoms with E-state index in [2.05, 4.69) is 15.3 Å². The van der Waals surface area contributed by atoms with Gasteiger partial charge < -0.3 is 5.32 Å². The summed E-state index contributed by atoms with van der Waals surface area (Å²) in [5, 5.41) is 13.4. The summed E-state index contributed by atoms with van der Waals surface area (Å²) in [6.45, 7) is 0. The van der Waals surface area contributed by atoms with Gasteiger partial charge >= 0.3 is 0 Å². The molecular weight excluding hydrogens is 307 g/mol. The van der Waals surface area contributed by atoms with Gasteiger partial charge in [0.05, 0.1) is 28.0 Å². The van der Waals surface area contributed by atoms with E-state index in [1.54, 1.807) is 0 Å². The smallest absolute Gasteiger partial charge is 0.275 e. The maximum absolute atomic E-state index is 11.9. The van der Waals surface area contributed by atoms with Gasteiger partial charge in [-0.25, -0.2) is 9.97 Å². The van der Waals surface area contributed by atoms with Gasteiger partial charge in [0.15, 0.2) is 0 Å². The lowest BCUT2D eigenvalue weighted by atomic mass is 10.2. The first-order chi connectivity index (χ1) is 9.47. The Labute approximate surface area is 122 Å². The summed E-state index contributed by atoms with van der Waals surface area (Å²) in [7, 11) is 0. The number of nitro benzene ring substituents is 1. The predicted molar refractivity (Wildman–Crippen MR) is 73.1 cm³/mol. The highest BCUT2D eigenvalue weighted by Gasteiger charge is 2.14. The van der Waals surface area contributed by atoms with Gasteiger partial charge in [-0.2, -0.15) is 0 Å². The second kappa shape index (κ2) is 5.81. The number of nitrogens with zero attached hydrogens (tertiary/aromatic N) is 3. The Morgan fingerprint density at radius 1 is 1.25 bits per heavy atom. The van der Waals surface area contributed by atoms with Crippen LogP contribution in [-0.4, -0.2) is 20.8 Å². The van der Waals surface area contributed by atoms with Gasteiger partial charge in [-0.05, 0) is 6.07 Å². The third kappa shape index (κ3) is 3.19. The van der Waals surface area contributed by atoms with E-state index in [9.17, 15) is 14.9 Å². The van der Waals surface area contributed by atoms with Crippen LogP contribution in [0.15, 0.2) is 30.6 Å². The number of carbonyl (C=O) groups is 1. The molecule has 0 radical (unpaired) electrons. The van der Waals surface area contributed by atoms with Crippen molar-refractivity contribution in [2.75, 3.05) is 5.32 Å². The minimum atomic E-state index is -0.600. The number of nitrogens with one attached hydrogen (secondary N) is 1. The molecule has 1 aromatic carbocycles. The van der Waals surface area contributed by atoms with E-state index in [-0.39, 0.29) is 27.2 Å². The maximum Gasteiger partial charge on any atom is 0.275 e. The van der Waals surface area contributed by atoms with Crippen LogP contribution in [0.25, 0.3) is 0 Å². The molecule has 0 aliphatic heterocycles. The Bertz CT molecular complexity index is 676. The van der Waals surface area contributed by atoms with Crippen molar-refractivity contribution in [3.05, 3.63) is 56.6 Å². The van der Waals surface area contributed by atoms with E-state index in [1.807, 2.05) is 0 Å². The highest BCUT2D eigenvalue weighted by molar-refractivity contribution is 6.34. The number of halogens is 2. The van der Waals surface area contributed by atoms with Crippen molar-refractivity contribution < 1.29 is 9.72 Å². The fourth-order valence-corrected chi connectivity index (χ4v) is 1.60. The number of aromatic nitrogens is 2. The van der Waals surface area contributed by atoms with Crippen LogP contribution in [0, 0.1) is 10.1 Å². The number of nitro groups is 1. The molecule has 1 amide bonds. The second-order valence-corrected chi connectivity index (χ2v) is 4.39. The minimum Gasteiger partial charge on any atom is -0.319 e. The van der Waals surface area contributed by atoms with E-state index in [1.165, 1.54) is 24.5 Å². The molecule has 20 heavy (non-hydrogen) atoms. The largest absolute Gasteiger partial charge is 0.319 e. The van der Waals surface area contributed by atoms with Gasteiger partial charge in [-0.15, -0.1) is 0 Å². The van der Waals surface area contributed by atoms with Crippen LogP contribution in [0.5, 0.6) is 0 Å². The summed E-state index contributed by atoms with van der Waals surface area (Å²) < 4.78 is 0. The fraction of sp³-hybridized carbons (Fsp3) is 0. The average Bonchev–Trinajstić information content (AvgIpc) is 2.41. The summed E-state index contributed by atoms with van der Waals surface area (Å²) in [6, 6.07) is 3.71. The molecule has 0 fully saturated rings. The number of rotatable bonds is 3.